The van der Waals surface area contributed by atoms with Crippen LogP contribution in [0.3, 0.4) is 0 Å². The van der Waals surface area contributed by atoms with Crippen LogP contribution in [-0.2, 0) is 14.3 Å². The van der Waals surface area contributed by atoms with Crippen molar-refractivity contribution in [3.05, 3.63) is 11.8 Å². The minimum atomic E-state index is -0.0994. The first-order chi connectivity index (χ1) is 9.61. The van der Waals surface area contributed by atoms with Crippen LogP contribution in [0.4, 0.5) is 0 Å². The summed E-state index contributed by atoms with van der Waals surface area (Å²) >= 11 is 0. The number of rotatable bonds is 7. The maximum absolute atomic E-state index is 12.1. The van der Waals surface area contributed by atoms with Gasteiger partial charge in [-0.3, -0.25) is 10.1 Å². The van der Waals surface area contributed by atoms with Crippen LogP contribution in [-0.4, -0.2) is 25.9 Å². The fourth-order valence-corrected chi connectivity index (χ4v) is 3.10. The van der Waals surface area contributed by atoms with Crippen LogP contribution in [0.15, 0.2) is 11.8 Å². The molecule has 1 aliphatic heterocycles. The van der Waals surface area contributed by atoms with E-state index in [1.165, 1.54) is 18.4 Å². The van der Waals surface area contributed by atoms with E-state index in [2.05, 4.69) is 12.2 Å². The van der Waals surface area contributed by atoms with Crippen LogP contribution < -0.4 is 5.32 Å². The van der Waals surface area contributed by atoms with Crippen molar-refractivity contribution in [3.8, 4) is 0 Å². The molecule has 1 saturated heterocycles. The fraction of sp³-hybridized carbons (Fsp3) is 0.812. The predicted molar refractivity (Wildman–Crippen MR) is 77.9 cm³/mol. The van der Waals surface area contributed by atoms with Gasteiger partial charge >= 0.3 is 5.97 Å². The van der Waals surface area contributed by atoms with E-state index in [1.807, 2.05) is 13.2 Å². The molecule has 1 spiro atoms. The zero-order valence-corrected chi connectivity index (χ0v) is 12.9. The normalized spacial score (nSPS) is 29.4. The van der Waals surface area contributed by atoms with Crippen molar-refractivity contribution in [1.29, 1.82) is 0 Å². The lowest BCUT2D eigenvalue weighted by Gasteiger charge is -2.56. The summed E-state index contributed by atoms with van der Waals surface area (Å²) in [5.41, 5.74) is 1.45. The molecule has 20 heavy (non-hydrogen) atoms. The van der Waals surface area contributed by atoms with Gasteiger partial charge in [-0.05, 0) is 24.8 Å². The topological polar surface area (TPSA) is 47.6 Å². The van der Waals surface area contributed by atoms with Gasteiger partial charge in [-0.2, -0.15) is 0 Å². The van der Waals surface area contributed by atoms with Crippen molar-refractivity contribution in [3.63, 3.8) is 0 Å². The number of carbonyl (C=O) groups is 1. The second kappa shape index (κ2) is 6.61. The summed E-state index contributed by atoms with van der Waals surface area (Å²) in [5, 5.41) is 3.24. The highest BCUT2D eigenvalue weighted by Gasteiger charge is 2.55. The summed E-state index contributed by atoms with van der Waals surface area (Å²) in [7, 11) is 1.67. The molecule has 0 radical (unpaired) electrons. The Hall–Kier alpha value is -1.03. The fourth-order valence-electron chi connectivity index (χ4n) is 3.10. The zero-order chi connectivity index (χ0) is 14.6. The van der Waals surface area contributed by atoms with E-state index in [9.17, 15) is 4.79 Å². The Morgan fingerprint density at radius 1 is 1.50 bits per heavy atom. The van der Waals surface area contributed by atoms with Crippen LogP contribution in [0.2, 0.25) is 0 Å². The number of hydrogen-bond donors (Lipinski definition) is 1. The van der Waals surface area contributed by atoms with Crippen LogP contribution >= 0.6 is 0 Å². The number of unbranched alkanes of at least 4 members (excludes halogenated alkanes) is 2. The Morgan fingerprint density at radius 2 is 2.25 bits per heavy atom. The second-order valence-electron chi connectivity index (χ2n) is 6.32. The number of allylic oxidation sites excluding steroid dienone is 1. The summed E-state index contributed by atoms with van der Waals surface area (Å²) < 4.78 is 10.7. The SMILES string of the molecule is CCCCCC(C)C(=O)OC1NCC12CC(=COC)C2. The third kappa shape index (κ3) is 3.17. The first kappa shape index (κ1) is 15.4. The van der Waals surface area contributed by atoms with Crippen molar-refractivity contribution in [2.75, 3.05) is 13.7 Å². The van der Waals surface area contributed by atoms with Crippen molar-refractivity contribution in [2.24, 2.45) is 11.3 Å². The number of nitrogens with one attached hydrogen (secondary N) is 1. The van der Waals surface area contributed by atoms with Gasteiger partial charge in [0, 0.05) is 12.0 Å². The van der Waals surface area contributed by atoms with E-state index in [1.54, 1.807) is 7.11 Å². The van der Waals surface area contributed by atoms with Crippen LogP contribution in [0.1, 0.15) is 52.4 Å². The maximum atomic E-state index is 12.1. The quantitative estimate of drug-likeness (QED) is 0.443. The molecule has 0 bridgehead atoms. The second-order valence-corrected chi connectivity index (χ2v) is 6.32. The number of ether oxygens (including phenoxy) is 2. The first-order valence-corrected chi connectivity index (χ1v) is 7.76. The third-order valence-electron chi connectivity index (χ3n) is 4.52. The van der Waals surface area contributed by atoms with Gasteiger partial charge in [0.1, 0.15) is 0 Å². The lowest BCUT2D eigenvalue weighted by atomic mass is 9.60. The molecule has 0 aromatic rings. The lowest BCUT2D eigenvalue weighted by Crippen LogP contribution is -2.67. The van der Waals surface area contributed by atoms with E-state index in [0.29, 0.717) is 0 Å². The molecule has 1 heterocycles. The summed E-state index contributed by atoms with van der Waals surface area (Å²) in [6.07, 6.45) is 8.09. The molecule has 114 valence electrons. The Balaban J connectivity index is 1.74. The average Bonchev–Trinajstić information content (AvgIpc) is 2.38. The average molecular weight is 281 g/mol. The molecular weight excluding hydrogens is 254 g/mol. The number of methoxy groups -OCH3 is 1. The summed E-state index contributed by atoms with van der Waals surface area (Å²) in [5.74, 6) is -0.0445. The van der Waals surface area contributed by atoms with E-state index in [0.717, 1.165) is 32.2 Å². The van der Waals surface area contributed by atoms with Gasteiger partial charge < -0.3 is 9.47 Å². The summed E-state index contributed by atoms with van der Waals surface area (Å²) in [6.45, 7) is 5.09. The van der Waals surface area contributed by atoms with Gasteiger partial charge in [0.15, 0.2) is 6.23 Å². The molecule has 2 unspecified atom stereocenters. The van der Waals surface area contributed by atoms with Gasteiger partial charge in [-0.1, -0.05) is 33.1 Å². The van der Waals surface area contributed by atoms with Gasteiger partial charge in [0.2, 0.25) is 0 Å². The molecule has 1 aliphatic carbocycles. The van der Waals surface area contributed by atoms with Gasteiger partial charge in [-0.25, -0.2) is 0 Å². The van der Waals surface area contributed by atoms with Crippen molar-refractivity contribution < 1.29 is 14.3 Å². The van der Waals surface area contributed by atoms with Crippen LogP contribution in [0.25, 0.3) is 0 Å². The van der Waals surface area contributed by atoms with E-state index >= 15 is 0 Å². The molecule has 1 saturated carbocycles. The highest BCUT2D eigenvalue weighted by Crippen LogP contribution is 2.52. The summed E-state index contributed by atoms with van der Waals surface area (Å²) in [6, 6.07) is 0. The molecule has 2 aliphatic rings. The molecule has 2 rings (SSSR count). The van der Waals surface area contributed by atoms with E-state index < -0.39 is 0 Å². The summed E-state index contributed by atoms with van der Waals surface area (Å²) in [4.78, 5) is 12.1. The molecule has 4 heteroatoms. The molecule has 2 fully saturated rings. The first-order valence-electron chi connectivity index (χ1n) is 7.76. The maximum Gasteiger partial charge on any atom is 0.310 e. The zero-order valence-electron chi connectivity index (χ0n) is 12.9. The number of carbonyl (C=O) groups excluding carboxylic acids is 1. The Bertz CT molecular complexity index is 370. The van der Waals surface area contributed by atoms with Gasteiger partial charge in [0.05, 0.1) is 19.3 Å². The van der Waals surface area contributed by atoms with Gasteiger partial charge in [0.25, 0.3) is 0 Å². The standard InChI is InChI=1S/C16H27NO3/c1-4-5-6-7-12(2)14(18)20-15-16(11-17-15)8-13(9-16)10-19-3/h10,12,15,17H,4-9,11H2,1-3H3. The van der Waals surface area contributed by atoms with Gasteiger partial charge in [-0.15, -0.1) is 0 Å². The molecule has 2 atom stereocenters. The molecule has 0 amide bonds. The van der Waals surface area contributed by atoms with E-state index in [-0.39, 0.29) is 23.5 Å². The monoisotopic (exact) mass is 281 g/mol. The lowest BCUT2D eigenvalue weighted by molar-refractivity contribution is -0.182. The Morgan fingerprint density at radius 3 is 2.80 bits per heavy atom. The van der Waals surface area contributed by atoms with Crippen molar-refractivity contribution in [2.45, 2.75) is 58.6 Å². The Labute approximate surface area is 121 Å². The smallest absolute Gasteiger partial charge is 0.310 e. The van der Waals surface area contributed by atoms with Crippen molar-refractivity contribution in [1.82, 2.24) is 5.32 Å². The molecule has 4 nitrogen and oxygen atoms in total. The highest BCUT2D eigenvalue weighted by atomic mass is 16.6. The van der Waals surface area contributed by atoms with E-state index in [4.69, 9.17) is 9.47 Å². The number of hydrogen-bond acceptors (Lipinski definition) is 4. The number of esters is 1. The Kier molecular flexibility index (Phi) is 5.08. The molecule has 1 N–H and O–H groups in total. The minimum Gasteiger partial charge on any atom is -0.504 e. The molecule has 0 aromatic carbocycles. The largest absolute Gasteiger partial charge is 0.504 e. The highest BCUT2D eigenvalue weighted by molar-refractivity contribution is 5.72. The predicted octanol–water partition coefficient (Wildman–Crippen LogP) is 2.99. The molecule has 0 aromatic heterocycles. The molecular formula is C16H27NO3. The van der Waals surface area contributed by atoms with Crippen molar-refractivity contribution >= 4 is 5.97 Å². The van der Waals surface area contributed by atoms with Crippen LogP contribution in [0, 0.1) is 11.3 Å². The minimum absolute atomic E-state index is 0.00932. The van der Waals surface area contributed by atoms with Crippen LogP contribution in [0.5, 0.6) is 0 Å². The third-order valence-corrected chi connectivity index (χ3v) is 4.52.